The number of rotatable bonds is 2. The van der Waals surface area contributed by atoms with Crippen LogP contribution in [0.4, 0.5) is 5.69 Å². The molecule has 0 N–H and O–H groups in total. The molecule has 0 saturated carbocycles. The number of carbonyl (C=O) groups excluding carboxylic acids is 1. The zero-order valence-electron chi connectivity index (χ0n) is 10.3. The van der Waals surface area contributed by atoms with E-state index < -0.39 is 5.97 Å². The first-order valence-corrected chi connectivity index (χ1v) is 5.42. The number of hydrogen-bond acceptors (Lipinski definition) is 4. The van der Waals surface area contributed by atoms with Gasteiger partial charge in [-0.15, -0.1) is 0 Å². The SMILES string of the molecule is CN1CCN(c2ccc(C(=O)[O-])cc2)CC1.[Na+]. The predicted octanol–water partition coefficient (Wildman–Crippen LogP) is -3.19. The number of carbonyl (C=O) groups is 1. The maximum absolute atomic E-state index is 10.6. The van der Waals surface area contributed by atoms with E-state index in [0.29, 0.717) is 0 Å². The summed E-state index contributed by atoms with van der Waals surface area (Å²) in [5.41, 5.74) is 1.32. The van der Waals surface area contributed by atoms with Gasteiger partial charge in [0.25, 0.3) is 0 Å². The summed E-state index contributed by atoms with van der Waals surface area (Å²) in [4.78, 5) is 15.1. The number of carboxylic acid groups (broad SMARTS) is 1. The molecule has 0 amide bonds. The molecule has 86 valence electrons. The molecule has 1 fully saturated rings. The van der Waals surface area contributed by atoms with Gasteiger partial charge in [0.05, 0.1) is 5.97 Å². The minimum atomic E-state index is -1.12. The molecule has 0 bridgehead atoms. The Labute approximate surface area is 124 Å². The van der Waals surface area contributed by atoms with Crippen LogP contribution < -0.4 is 39.6 Å². The number of anilines is 1. The molecule has 0 atom stereocenters. The number of aromatic carboxylic acids is 1. The predicted molar refractivity (Wildman–Crippen MR) is 60.5 cm³/mol. The first-order valence-electron chi connectivity index (χ1n) is 5.42. The summed E-state index contributed by atoms with van der Waals surface area (Å²) in [7, 11) is 2.11. The van der Waals surface area contributed by atoms with E-state index in [1.54, 1.807) is 12.1 Å². The Morgan fingerprint density at radius 1 is 1.12 bits per heavy atom. The zero-order valence-corrected chi connectivity index (χ0v) is 12.3. The third-order valence-electron chi connectivity index (χ3n) is 2.97. The molecule has 1 aromatic carbocycles. The van der Waals surface area contributed by atoms with Crippen LogP contribution in [-0.2, 0) is 0 Å². The van der Waals surface area contributed by atoms with Crippen molar-refractivity contribution >= 4 is 11.7 Å². The Hall–Kier alpha value is -0.550. The topological polar surface area (TPSA) is 46.6 Å². The van der Waals surface area contributed by atoms with Gasteiger partial charge in [0, 0.05) is 31.9 Å². The van der Waals surface area contributed by atoms with Gasteiger partial charge in [-0.2, -0.15) is 0 Å². The summed E-state index contributed by atoms with van der Waals surface area (Å²) in [5, 5.41) is 10.6. The van der Waals surface area contributed by atoms with Crippen LogP contribution in [0.5, 0.6) is 0 Å². The van der Waals surface area contributed by atoms with Crippen molar-refractivity contribution in [3.63, 3.8) is 0 Å². The average molecular weight is 242 g/mol. The Morgan fingerprint density at radius 2 is 1.65 bits per heavy atom. The molecule has 0 spiro atoms. The third-order valence-corrected chi connectivity index (χ3v) is 2.97. The second-order valence-corrected chi connectivity index (χ2v) is 4.12. The minimum absolute atomic E-state index is 0. The second kappa shape index (κ2) is 6.40. The molecular formula is C12H15N2NaO2. The van der Waals surface area contributed by atoms with Crippen molar-refractivity contribution in [3.05, 3.63) is 29.8 Å². The van der Waals surface area contributed by atoms with E-state index in [-0.39, 0.29) is 35.1 Å². The zero-order chi connectivity index (χ0) is 11.5. The van der Waals surface area contributed by atoms with Gasteiger partial charge in [0.15, 0.2) is 0 Å². The fourth-order valence-electron chi connectivity index (χ4n) is 1.87. The van der Waals surface area contributed by atoms with Crippen LogP contribution in [0.2, 0.25) is 0 Å². The molecule has 0 radical (unpaired) electrons. The summed E-state index contributed by atoms with van der Waals surface area (Å²) in [6, 6.07) is 6.89. The number of nitrogens with zero attached hydrogens (tertiary/aromatic N) is 2. The van der Waals surface area contributed by atoms with E-state index >= 15 is 0 Å². The quantitative estimate of drug-likeness (QED) is 0.513. The number of hydrogen-bond donors (Lipinski definition) is 0. The van der Waals surface area contributed by atoms with Gasteiger partial charge >= 0.3 is 29.6 Å². The summed E-state index contributed by atoms with van der Waals surface area (Å²) in [6.45, 7) is 4.06. The van der Waals surface area contributed by atoms with Crippen LogP contribution in [0, 0.1) is 0 Å². The van der Waals surface area contributed by atoms with E-state index in [9.17, 15) is 9.90 Å². The van der Waals surface area contributed by atoms with Crippen LogP contribution in [0.1, 0.15) is 10.4 Å². The molecule has 2 rings (SSSR count). The normalized spacial score (nSPS) is 16.4. The number of benzene rings is 1. The van der Waals surface area contributed by atoms with Gasteiger partial charge < -0.3 is 19.7 Å². The second-order valence-electron chi connectivity index (χ2n) is 4.12. The minimum Gasteiger partial charge on any atom is -0.545 e. The van der Waals surface area contributed by atoms with Crippen molar-refractivity contribution in [3.8, 4) is 0 Å². The molecule has 1 aliphatic rings. The van der Waals surface area contributed by atoms with Gasteiger partial charge in [-0.3, -0.25) is 0 Å². The number of piperazine rings is 1. The van der Waals surface area contributed by atoms with Crippen molar-refractivity contribution in [2.45, 2.75) is 0 Å². The van der Waals surface area contributed by atoms with Crippen molar-refractivity contribution in [2.24, 2.45) is 0 Å². The van der Waals surface area contributed by atoms with Gasteiger partial charge in [0.2, 0.25) is 0 Å². The van der Waals surface area contributed by atoms with E-state index in [1.807, 2.05) is 12.1 Å². The maximum atomic E-state index is 10.6. The largest absolute Gasteiger partial charge is 1.00 e. The summed E-state index contributed by atoms with van der Waals surface area (Å²) in [5.74, 6) is -1.12. The Kier molecular flexibility index (Phi) is 5.46. The van der Waals surface area contributed by atoms with Crippen molar-refractivity contribution in [1.82, 2.24) is 4.90 Å². The Morgan fingerprint density at radius 3 is 2.12 bits per heavy atom. The van der Waals surface area contributed by atoms with Crippen LogP contribution in [0.3, 0.4) is 0 Å². The van der Waals surface area contributed by atoms with E-state index in [0.717, 1.165) is 31.9 Å². The molecule has 0 aromatic heterocycles. The molecule has 4 nitrogen and oxygen atoms in total. The van der Waals surface area contributed by atoms with Gasteiger partial charge in [-0.25, -0.2) is 0 Å². The van der Waals surface area contributed by atoms with Gasteiger partial charge in [0.1, 0.15) is 0 Å². The molecule has 1 aliphatic heterocycles. The Bertz CT molecular complexity index is 373. The van der Waals surface area contributed by atoms with Gasteiger partial charge in [-0.1, -0.05) is 12.1 Å². The molecule has 1 saturated heterocycles. The molecule has 0 unspecified atom stereocenters. The Balaban J connectivity index is 0.00000144. The van der Waals surface area contributed by atoms with Crippen molar-refractivity contribution in [1.29, 1.82) is 0 Å². The third kappa shape index (κ3) is 3.71. The fourth-order valence-corrected chi connectivity index (χ4v) is 1.87. The number of likely N-dealkylation sites (N-methyl/N-ethyl adjacent to an activating group) is 1. The molecule has 1 aromatic rings. The van der Waals surface area contributed by atoms with E-state index in [1.165, 1.54) is 0 Å². The van der Waals surface area contributed by atoms with Crippen LogP contribution in [0.15, 0.2) is 24.3 Å². The first-order chi connectivity index (χ1) is 7.66. The molecule has 0 aliphatic carbocycles. The van der Waals surface area contributed by atoms with Crippen molar-refractivity contribution < 1.29 is 39.5 Å². The number of carboxylic acids is 1. The molecule has 17 heavy (non-hydrogen) atoms. The van der Waals surface area contributed by atoms with Gasteiger partial charge in [-0.05, 0) is 24.7 Å². The summed E-state index contributed by atoms with van der Waals surface area (Å²) in [6.07, 6.45) is 0. The van der Waals surface area contributed by atoms with Crippen LogP contribution in [-0.4, -0.2) is 44.1 Å². The van der Waals surface area contributed by atoms with E-state index in [2.05, 4.69) is 16.8 Å². The average Bonchev–Trinajstić information content (AvgIpc) is 2.30. The fraction of sp³-hybridized carbons (Fsp3) is 0.417. The monoisotopic (exact) mass is 242 g/mol. The summed E-state index contributed by atoms with van der Waals surface area (Å²) >= 11 is 0. The first kappa shape index (κ1) is 14.5. The molecule has 1 heterocycles. The smallest absolute Gasteiger partial charge is 0.545 e. The molecular weight excluding hydrogens is 227 g/mol. The maximum Gasteiger partial charge on any atom is 1.00 e. The molecule has 5 heteroatoms. The van der Waals surface area contributed by atoms with Crippen molar-refractivity contribution in [2.75, 3.05) is 38.1 Å². The van der Waals surface area contributed by atoms with Crippen LogP contribution >= 0.6 is 0 Å². The van der Waals surface area contributed by atoms with E-state index in [4.69, 9.17) is 0 Å². The summed E-state index contributed by atoms with van der Waals surface area (Å²) < 4.78 is 0. The van der Waals surface area contributed by atoms with Crippen LogP contribution in [0.25, 0.3) is 0 Å². The standard InChI is InChI=1S/C12H16N2O2.Na/c1-13-6-8-14(9-7-13)11-4-2-10(3-5-11)12(15)16;/h2-5H,6-9H2,1H3,(H,15,16);/q;+1/p-1.